The Bertz CT molecular complexity index is 873. The summed E-state index contributed by atoms with van der Waals surface area (Å²) in [4.78, 5) is 25.9. The fourth-order valence-electron chi connectivity index (χ4n) is 4.08. The highest BCUT2D eigenvalue weighted by Gasteiger charge is 2.54. The molecule has 0 spiro atoms. The standard InChI is InChI=1S/C26H39BN2O6/c1-25(2)26(3,4)35-27(34-25)22(16-11-14-19-12-7-6-8-13-19)29-23(30)20(18-32-5)28-24(31)21-15-9-10-17-33-21/h6-8,12-13,15,20,22H,9-11,14,16-18H2,1-5H3,(H,28,31)(H,29,30)/t20-,22+/m1/s1. The van der Waals surface area contributed by atoms with Gasteiger partial charge in [0.05, 0.1) is 30.4 Å². The molecule has 2 N–H and O–H groups in total. The van der Waals surface area contributed by atoms with Gasteiger partial charge in [-0.1, -0.05) is 30.3 Å². The van der Waals surface area contributed by atoms with Gasteiger partial charge in [-0.2, -0.15) is 0 Å². The number of benzene rings is 1. The number of rotatable bonds is 11. The van der Waals surface area contributed by atoms with E-state index in [9.17, 15) is 9.59 Å². The first-order valence-electron chi connectivity index (χ1n) is 12.5. The van der Waals surface area contributed by atoms with Gasteiger partial charge < -0.3 is 29.4 Å². The smallest absolute Gasteiger partial charge is 0.481 e. The molecule has 0 aromatic heterocycles. The van der Waals surface area contributed by atoms with Crippen molar-refractivity contribution in [2.45, 2.75) is 83.0 Å². The maximum absolute atomic E-state index is 13.3. The van der Waals surface area contributed by atoms with Gasteiger partial charge in [0.1, 0.15) is 6.04 Å². The lowest BCUT2D eigenvalue weighted by Crippen LogP contribution is -2.56. The van der Waals surface area contributed by atoms with Crippen molar-refractivity contribution >= 4 is 18.9 Å². The number of methoxy groups -OCH3 is 1. The van der Waals surface area contributed by atoms with Crippen molar-refractivity contribution in [2.24, 2.45) is 0 Å². The Morgan fingerprint density at radius 1 is 1.09 bits per heavy atom. The van der Waals surface area contributed by atoms with Gasteiger partial charge in [-0.25, -0.2) is 0 Å². The van der Waals surface area contributed by atoms with Crippen LogP contribution < -0.4 is 10.6 Å². The van der Waals surface area contributed by atoms with Crippen molar-refractivity contribution in [1.82, 2.24) is 10.6 Å². The highest BCUT2D eigenvalue weighted by Crippen LogP contribution is 2.38. The van der Waals surface area contributed by atoms with Crippen LogP contribution in [0.4, 0.5) is 0 Å². The predicted octanol–water partition coefficient (Wildman–Crippen LogP) is 2.95. The van der Waals surface area contributed by atoms with Gasteiger partial charge in [0.15, 0.2) is 5.76 Å². The number of aryl methyl sites for hydroxylation is 1. The van der Waals surface area contributed by atoms with Crippen LogP contribution in [0.2, 0.25) is 0 Å². The maximum Gasteiger partial charge on any atom is 0.481 e. The number of hydrogen-bond acceptors (Lipinski definition) is 6. The van der Waals surface area contributed by atoms with Crippen LogP contribution in [0.3, 0.4) is 0 Å². The first kappa shape index (κ1) is 27.2. The van der Waals surface area contributed by atoms with Gasteiger partial charge >= 0.3 is 7.12 Å². The molecule has 2 heterocycles. The molecule has 2 aliphatic rings. The number of ether oxygens (including phenoxy) is 2. The molecule has 0 bridgehead atoms. The number of allylic oxidation sites excluding steroid dienone is 1. The van der Waals surface area contributed by atoms with Crippen LogP contribution in [0, 0.1) is 0 Å². The van der Waals surface area contributed by atoms with Gasteiger partial charge in [0, 0.05) is 7.11 Å². The third-order valence-corrected chi connectivity index (χ3v) is 6.87. The predicted molar refractivity (Wildman–Crippen MR) is 134 cm³/mol. The largest absolute Gasteiger partial charge is 0.488 e. The van der Waals surface area contributed by atoms with Crippen LogP contribution >= 0.6 is 0 Å². The second kappa shape index (κ2) is 12.1. The van der Waals surface area contributed by atoms with Crippen LogP contribution in [0.5, 0.6) is 0 Å². The normalized spacial score (nSPS) is 20.4. The zero-order valence-corrected chi connectivity index (χ0v) is 21.6. The van der Waals surface area contributed by atoms with E-state index in [0.29, 0.717) is 13.0 Å². The Hall–Kier alpha value is -2.36. The third-order valence-electron chi connectivity index (χ3n) is 6.87. The van der Waals surface area contributed by atoms with E-state index in [0.717, 1.165) is 25.7 Å². The van der Waals surface area contributed by atoms with E-state index in [-0.39, 0.29) is 18.3 Å². The van der Waals surface area contributed by atoms with Crippen LogP contribution in [0.15, 0.2) is 42.2 Å². The van der Waals surface area contributed by atoms with Gasteiger partial charge in [0.2, 0.25) is 5.91 Å². The Morgan fingerprint density at radius 2 is 1.77 bits per heavy atom. The topological polar surface area (TPSA) is 95.1 Å². The Labute approximate surface area is 209 Å². The zero-order chi connectivity index (χ0) is 25.5. The Kier molecular flexibility index (Phi) is 9.38. The molecule has 1 saturated heterocycles. The van der Waals surface area contributed by atoms with Gasteiger partial charge in [-0.3, -0.25) is 9.59 Å². The molecule has 0 unspecified atom stereocenters. The van der Waals surface area contributed by atoms with Crippen molar-refractivity contribution in [3.05, 3.63) is 47.7 Å². The lowest BCUT2D eigenvalue weighted by Gasteiger charge is -2.32. The molecular formula is C26H39BN2O6. The third kappa shape index (κ3) is 7.32. The van der Waals surface area contributed by atoms with Crippen molar-refractivity contribution < 1.29 is 28.4 Å². The van der Waals surface area contributed by atoms with E-state index < -0.39 is 36.2 Å². The van der Waals surface area contributed by atoms with E-state index in [4.69, 9.17) is 18.8 Å². The summed E-state index contributed by atoms with van der Waals surface area (Å²) in [6.45, 7) is 8.48. The highest BCUT2D eigenvalue weighted by molar-refractivity contribution is 6.48. The first-order chi connectivity index (χ1) is 16.6. The van der Waals surface area contributed by atoms with E-state index in [1.165, 1.54) is 12.7 Å². The molecule has 3 rings (SSSR count). The molecule has 2 amide bonds. The molecule has 0 saturated carbocycles. The second-order valence-corrected chi connectivity index (χ2v) is 10.2. The SMILES string of the molecule is COC[C@@H](NC(=O)C1=CCCCO1)C(=O)N[C@@H](CCCc1ccccc1)B1OC(C)(C)C(C)(C)O1. The van der Waals surface area contributed by atoms with Crippen molar-refractivity contribution in [3.63, 3.8) is 0 Å². The fraction of sp³-hybridized carbons (Fsp3) is 0.615. The maximum atomic E-state index is 13.3. The molecule has 1 aromatic rings. The molecule has 1 fully saturated rings. The van der Waals surface area contributed by atoms with Crippen molar-refractivity contribution in [1.29, 1.82) is 0 Å². The summed E-state index contributed by atoms with van der Waals surface area (Å²) >= 11 is 0. The van der Waals surface area contributed by atoms with Crippen LogP contribution in [0.1, 0.15) is 58.9 Å². The molecule has 0 aliphatic carbocycles. The summed E-state index contributed by atoms with van der Waals surface area (Å²) in [5.74, 6) is -0.918. The molecule has 192 valence electrons. The van der Waals surface area contributed by atoms with E-state index in [1.54, 1.807) is 6.08 Å². The summed E-state index contributed by atoms with van der Waals surface area (Å²) in [5, 5.41) is 5.82. The summed E-state index contributed by atoms with van der Waals surface area (Å²) in [6.07, 6.45) is 5.75. The number of carbonyl (C=O) groups excluding carboxylic acids is 2. The lowest BCUT2D eigenvalue weighted by atomic mass is 9.75. The number of nitrogens with one attached hydrogen (secondary N) is 2. The molecule has 0 radical (unpaired) electrons. The minimum absolute atomic E-state index is 0.0327. The fourth-order valence-corrected chi connectivity index (χ4v) is 4.08. The molecule has 1 aromatic carbocycles. The van der Waals surface area contributed by atoms with Gasteiger partial charge in [0.25, 0.3) is 5.91 Å². The van der Waals surface area contributed by atoms with Gasteiger partial charge in [-0.15, -0.1) is 0 Å². The summed E-state index contributed by atoms with van der Waals surface area (Å²) < 4.78 is 23.2. The van der Waals surface area contributed by atoms with Crippen LogP contribution in [0.25, 0.3) is 0 Å². The summed E-state index contributed by atoms with van der Waals surface area (Å²) in [6, 6.07) is 9.34. The first-order valence-corrected chi connectivity index (χ1v) is 12.5. The molecule has 2 atom stereocenters. The molecule has 2 aliphatic heterocycles. The van der Waals surface area contributed by atoms with E-state index in [1.807, 2.05) is 45.9 Å². The summed E-state index contributed by atoms with van der Waals surface area (Å²) in [5.41, 5.74) is 0.188. The van der Waals surface area contributed by atoms with E-state index >= 15 is 0 Å². The summed E-state index contributed by atoms with van der Waals surface area (Å²) in [7, 11) is 0.886. The lowest BCUT2D eigenvalue weighted by molar-refractivity contribution is -0.130. The zero-order valence-electron chi connectivity index (χ0n) is 21.6. The average molecular weight is 486 g/mol. The Morgan fingerprint density at radius 3 is 2.37 bits per heavy atom. The quantitative estimate of drug-likeness (QED) is 0.467. The number of hydrogen-bond donors (Lipinski definition) is 2. The average Bonchev–Trinajstić information content (AvgIpc) is 3.05. The van der Waals surface area contributed by atoms with Crippen molar-refractivity contribution in [3.8, 4) is 0 Å². The molecule has 8 nitrogen and oxygen atoms in total. The molecule has 9 heteroatoms. The number of carbonyl (C=O) groups is 2. The second-order valence-electron chi connectivity index (χ2n) is 10.2. The van der Waals surface area contributed by atoms with Crippen molar-refractivity contribution in [2.75, 3.05) is 20.3 Å². The number of amides is 2. The van der Waals surface area contributed by atoms with Crippen LogP contribution in [-0.2, 0) is 34.8 Å². The van der Waals surface area contributed by atoms with Gasteiger partial charge in [-0.05, 0) is 71.4 Å². The Balaban J connectivity index is 1.69. The molecular weight excluding hydrogens is 447 g/mol. The molecule has 35 heavy (non-hydrogen) atoms. The van der Waals surface area contributed by atoms with Crippen LogP contribution in [-0.4, -0.2) is 62.4 Å². The highest BCUT2D eigenvalue weighted by atomic mass is 16.7. The van der Waals surface area contributed by atoms with E-state index in [2.05, 4.69) is 22.8 Å². The minimum atomic E-state index is -0.877. The minimum Gasteiger partial charge on any atom is -0.488 e. The monoisotopic (exact) mass is 486 g/mol.